The summed E-state index contributed by atoms with van der Waals surface area (Å²) < 4.78 is 4.90. The van der Waals surface area contributed by atoms with Crippen molar-refractivity contribution >= 4 is 0 Å². The zero-order valence-electron chi connectivity index (χ0n) is 6.92. The second kappa shape index (κ2) is 5.65. The Hall–Kier alpha value is -0.120. The monoisotopic (exact) mass is 147 g/mol. The summed E-state index contributed by atoms with van der Waals surface area (Å²) in [5, 5.41) is 11.8. The summed E-state index contributed by atoms with van der Waals surface area (Å²) in [5.41, 5.74) is 0. The van der Waals surface area contributed by atoms with Gasteiger partial charge in [0.2, 0.25) is 0 Å². The Morgan fingerprint density at radius 1 is 1.40 bits per heavy atom. The number of aliphatic hydroxyl groups excluding tert-OH is 1. The van der Waals surface area contributed by atoms with Gasteiger partial charge in [0.1, 0.15) is 0 Å². The maximum atomic E-state index is 8.65. The van der Waals surface area contributed by atoms with E-state index in [1.807, 2.05) is 13.8 Å². The molecule has 0 aromatic rings. The molecule has 0 unspecified atom stereocenters. The van der Waals surface area contributed by atoms with Crippen molar-refractivity contribution in [2.24, 2.45) is 0 Å². The standard InChI is InChI=1S/C7H17NO2/c1-6(4-9)8-7(2)5-10-3/h6-9H,4-5H2,1-3H3/t6-,7-/m1/s1. The van der Waals surface area contributed by atoms with Crippen molar-refractivity contribution in [3.63, 3.8) is 0 Å². The summed E-state index contributed by atoms with van der Waals surface area (Å²) in [5.74, 6) is 0. The van der Waals surface area contributed by atoms with Crippen LogP contribution in [0.1, 0.15) is 13.8 Å². The van der Waals surface area contributed by atoms with Crippen molar-refractivity contribution in [2.75, 3.05) is 20.3 Å². The van der Waals surface area contributed by atoms with E-state index in [2.05, 4.69) is 5.32 Å². The van der Waals surface area contributed by atoms with Crippen LogP contribution in [0.15, 0.2) is 0 Å². The molecule has 3 heteroatoms. The van der Waals surface area contributed by atoms with Gasteiger partial charge in [-0.2, -0.15) is 0 Å². The van der Waals surface area contributed by atoms with E-state index in [1.165, 1.54) is 0 Å². The van der Waals surface area contributed by atoms with Crippen LogP contribution < -0.4 is 5.32 Å². The lowest BCUT2D eigenvalue weighted by Gasteiger charge is -2.16. The van der Waals surface area contributed by atoms with Gasteiger partial charge in [0.25, 0.3) is 0 Å². The number of aliphatic hydroxyl groups is 1. The molecule has 0 aromatic carbocycles. The average Bonchev–Trinajstić information content (AvgIpc) is 1.88. The van der Waals surface area contributed by atoms with Gasteiger partial charge in [-0.25, -0.2) is 0 Å². The first kappa shape index (κ1) is 9.88. The van der Waals surface area contributed by atoms with Crippen LogP contribution in [-0.4, -0.2) is 37.5 Å². The van der Waals surface area contributed by atoms with Crippen molar-refractivity contribution in [3.05, 3.63) is 0 Å². The molecule has 0 aromatic heterocycles. The normalized spacial score (nSPS) is 16.8. The second-order valence-electron chi connectivity index (χ2n) is 2.61. The number of ether oxygens (including phenoxy) is 1. The maximum Gasteiger partial charge on any atom is 0.0613 e. The largest absolute Gasteiger partial charge is 0.395 e. The number of methoxy groups -OCH3 is 1. The first-order valence-electron chi connectivity index (χ1n) is 3.56. The smallest absolute Gasteiger partial charge is 0.0613 e. The number of hydrogen-bond acceptors (Lipinski definition) is 3. The van der Waals surface area contributed by atoms with Crippen molar-refractivity contribution < 1.29 is 9.84 Å². The first-order chi connectivity index (χ1) is 4.70. The Kier molecular flexibility index (Phi) is 5.58. The van der Waals surface area contributed by atoms with E-state index in [0.29, 0.717) is 12.6 Å². The minimum absolute atomic E-state index is 0.158. The van der Waals surface area contributed by atoms with Crippen molar-refractivity contribution in [1.29, 1.82) is 0 Å². The molecule has 0 amide bonds. The van der Waals surface area contributed by atoms with E-state index in [4.69, 9.17) is 9.84 Å². The van der Waals surface area contributed by atoms with Crippen LogP contribution in [0.5, 0.6) is 0 Å². The molecule has 0 saturated carbocycles. The van der Waals surface area contributed by atoms with E-state index in [0.717, 1.165) is 0 Å². The van der Waals surface area contributed by atoms with Crippen LogP contribution in [0.4, 0.5) is 0 Å². The van der Waals surface area contributed by atoms with Crippen LogP contribution in [0.3, 0.4) is 0 Å². The summed E-state index contributed by atoms with van der Waals surface area (Å²) in [6.45, 7) is 4.82. The third-order valence-corrected chi connectivity index (χ3v) is 1.26. The first-order valence-corrected chi connectivity index (χ1v) is 3.56. The minimum atomic E-state index is 0.158. The van der Waals surface area contributed by atoms with Gasteiger partial charge in [0, 0.05) is 19.2 Å². The number of hydrogen-bond donors (Lipinski definition) is 2. The van der Waals surface area contributed by atoms with Gasteiger partial charge >= 0.3 is 0 Å². The lowest BCUT2D eigenvalue weighted by Crippen LogP contribution is -2.39. The lowest BCUT2D eigenvalue weighted by atomic mass is 10.3. The highest BCUT2D eigenvalue weighted by Gasteiger charge is 2.04. The van der Waals surface area contributed by atoms with Gasteiger partial charge in [-0.15, -0.1) is 0 Å². The Morgan fingerprint density at radius 3 is 2.40 bits per heavy atom. The lowest BCUT2D eigenvalue weighted by molar-refractivity contribution is 0.157. The molecule has 3 nitrogen and oxygen atoms in total. The summed E-state index contributed by atoms with van der Waals surface area (Å²) >= 11 is 0. The highest BCUT2D eigenvalue weighted by atomic mass is 16.5. The molecule has 0 fully saturated rings. The molecular weight excluding hydrogens is 130 g/mol. The third-order valence-electron chi connectivity index (χ3n) is 1.26. The fraction of sp³-hybridized carbons (Fsp3) is 1.00. The van der Waals surface area contributed by atoms with Gasteiger partial charge in [-0.05, 0) is 13.8 Å². The van der Waals surface area contributed by atoms with E-state index < -0.39 is 0 Å². The molecule has 0 saturated heterocycles. The minimum Gasteiger partial charge on any atom is -0.395 e. The SMILES string of the molecule is COC[C@@H](C)N[C@H](C)CO. The molecule has 0 bridgehead atoms. The Balaban J connectivity index is 3.27. The molecule has 0 aliphatic rings. The van der Waals surface area contributed by atoms with Crippen LogP contribution in [0.2, 0.25) is 0 Å². The Labute approximate surface area is 62.4 Å². The van der Waals surface area contributed by atoms with Gasteiger partial charge in [-0.1, -0.05) is 0 Å². The fourth-order valence-electron chi connectivity index (χ4n) is 0.837. The summed E-state index contributed by atoms with van der Waals surface area (Å²) in [6, 6.07) is 0.470. The maximum absolute atomic E-state index is 8.65. The number of rotatable bonds is 5. The van der Waals surface area contributed by atoms with Crippen molar-refractivity contribution in [3.8, 4) is 0 Å². The van der Waals surface area contributed by atoms with Crippen molar-refractivity contribution in [2.45, 2.75) is 25.9 Å². The Morgan fingerprint density at radius 2 is 2.00 bits per heavy atom. The molecule has 0 heterocycles. The third kappa shape index (κ3) is 4.73. The predicted molar refractivity (Wildman–Crippen MR) is 41.0 cm³/mol. The highest BCUT2D eigenvalue weighted by molar-refractivity contribution is 4.64. The van der Waals surface area contributed by atoms with E-state index in [-0.39, 0.29) is 12.6 Å². The molecular formula is C7H17NO2. The highest BCUT2D eigenvalue weighted by Crippen LogP contribution is 1.86. The van der Waals surface area contributed by atoms with E-state index >= 15 is 0 Å². The molecule has 2 atom stereocenters. The van der Waals surface area contributed by atoms with Gasteiger partial charge < -0.3 is 15.2 Å². The van der Waals surface area contributed by atoms with Gasteiger partial charge in [0.15, 0.2) is 0 Å². The van der Waals surface area contributed by atoms with E-state index in [9.17, 15) is 0 Å². The Bertz CT molecular complexity index is 78.0. The quantitative estimate of drug-likeness (QED) is 0.575. The van der Waals surface area contributed by atoms with Crippen LogP contribution >= 0.6 is 0 Å². The zero-order chi connectivity index (χ0) is 7.98. The molecule has 0 spiro atoms. The van der Waals surface area contributed by atoms with Crippen LogP contribution in [0.25, 0.3) is 0 Å². The number of nitrogens with one attached hydrogen (secondary N) is 1. The fourth-order valence-corrected chi connectivity index (χ4v) is 0.837. The average molecular weight is 147 g/mol. The summed E-state index contributed by atoms with van der Waals surface area (Å²) in [7, 11) is 1.67. The van der Waals surface area contributed by atoms with Crippen molar-refractivity contribution in [1.82, 2.24) is 5.32 Å². The molecule has 0 aliphatic carbocycles. The van der Waals surface area contributed by atoms with Crippen LogP contribution in [-0.2, 0) is 4.74 Å². The summed E-state index contributed by atoms with van der Waals surface area (Å²) in [4.78, 5) is 0. The summed E-state index contributed by atoms with van der Waals surface area (Å²) in [6.07, 6.45) is 0. The van der Waals surface area contributed by atoms with Crippen LogP contribution in [0, 0.1) is 0 Å². The molecule has 0 radical (unpaired) electrons. The van der Waals surface area contributed by atoms with Gasteiger partial charge in [0.05, 0.1) is 13.2 Å². The second-order valence-corrected chi connectivity index (χ2v) is 2.61. The topological polar surface area (TPSA) is 41.5 Å². The van der Waals surface area contributed by atoms with E-state index in [1.54, 1.807) is 7.11 Å². The molecule has 10 heavy (non-hydrogen) atoms. The molecule has 2 N–H and O–H groups in total. The molecule has 0 aliphatic heterocycles. The van der Waals surface area contributed by atoms with Gasteiger partial charge in [-0.3, -0.25) is 0 Å². The molecule has 0 rings (SSSR count). The molecule has 62 valence electrons. The predicted octanol–water partition coefficient (Wildman–Crippen LogP) is -0.00830. The zero-order valence-corrected chi connectivity index (χ0v) is 6.92.